The van der Waals surface area contributed by atoms with Crippen LogP contribution in [-0.2, 0) is 0 Å². The molecule has 0 unspecified atom stereocenters. The first-order chi connectivity index (χ1) is 7.30. The highest BCUT2D eigenvalue weighted by atomic mass is 79.9. The highest BCUT2D eigenvalue weighted by Gasteiger charge is 2.22. The average molecular weight is 288 g/mol. The van der Waals surface area contributed by atoms with Gasteiger partial charge in [-0.05, 0) is 57.5 Å². The summed E-state index contributed by atoms with van der Waals surface area (Å²) in [6.45, 7) is 8.19. The maximum atomic E-state index is 9.38. The van der Waals surface area contributed by atoms with Crippen molar-refractivity contribution in [2.75, 3.05) is 0 Å². The first-order valence-electron chi connectivity index (χ1n) is 5.80. The number of halogens is 1. The molecule has 1 atom stereocenters. The van der Waals surface area contributed by atoms with Gasteiger partial charge in [0.2, 0.25) is 0 Å². The lowest BCUT2D eigenvalue weighted by molar-refractivity contribution is 0.117. The highest BCUT2D eigenvalue weighted by Crippen LogP contribution is 2.31. The number of hydrogen-bond donors (Lipinski definition) is 2. The van der Waals surface area contributed by atoms with Crippen molar-refractivity contribution in [1.82, 2.24) is 5.32 Å². The third-order valence-corrected chi connectivity index (χ3v) is 3.48. The Kier molecular flexibility index (Phi) is 4.77. The van der Waals surface area contributed by atoms with Gasteiger partial charge >= 0.3 is 0 Å². The van der Waals surface area contributed by atoms with Crippen molar-refractivity contribution in [3.8, 4) is 0 Å². The van der Waals surface area contributed by atoms with Crippen molar-refractivity contribution in [3.05, 3.63) is 21.7 Å². The van der Waals surface area contributed by atoms with Crippen molar-refractivity contribution in [2.45, 2.75) is 58.7 Å². The summed E-state index contributed by atoms with van der Waals surface area (Å²) in [6.07, 6.45) is 4.95. The first kappa shape index (κ1) is 13.9. The minimum Gasteiger partial charge on any atom is -0.379 e. The monoisotopic (exact) mass is 287 g/mol. The summed E-state index contributed by atoms with van der Waals surface area (Å²) in [5.41, 5.74) is 2.79. The maximum Gasteiger partial charge on any atom is 0.102 e. The molecule has 1 aliphatic carbocycles. The largest absolute Gasteiger partial charge is 0.379 e. The van der Waals surface area contributed by atoms with Gasteiger partial charge in [-0.1, -0.05) is 27.1 Å². The molecule has 1 aliphatic rings. The lowest BCUT2D eigenvalue weighted by Gasteiger charge is -2.31. The number of nitrogens with one attached hydrogen (secondary N) is 1. The van der Waals surface area contributed by atoms with E-state index in [9.17, 15) is 5.11 Å². The van der Waals surface area contributed by atoms with E-state index < -0.39 is 6.23 Å². The minimum absolute atomic E-state index is 0.0532. The fraction of sp³-hybridized carbons (Fsp3) is 0.692. The Morgan fingerprint density at radius 3 is 2.62 bits per heavy atom. The number of allylic oxidation sites excluding steroid dienone is 3. The zero-order valence-corrected chi connectivity index (χ0v) is 12.2. The van der Waals surface area contributed by atoms with Crippen molar-refractivity contribution in [3.63, 3.8) is 0 Å². The molecule has 0 saturated heterocycles. The van der Waals surface area contributed by atoms with Crippen LogP contribution in [0.15, 0.2) is 21.7 Å². The summed E-state index contributed by atoms with van der Waals surface area (Å²) >= 11 is 3.55. The van der Waals surface area contributed by atoms with Gasteiger partial charge in [0.25, 0.3) is 0 Å². The Balaban J connectivity index is 2.70. The molecule has 1 rings (SSSR count). The number of rotatable bonds is 4. The lowest BCUT2D eigenvalue weighted by Crippen LogP contribution is -2.45. The van der Waals surface area contributed by atoms with E-state index in [0.717, 1.165) is 19.3 Å². The van der Waals surface area contributed by atoms with Gasteiger partial charge in [-0.25, -0.2) is 0 Å². The molecule has 0 heterocycles. The van der Waals surface area contributed by atoms with Crippen molar-refractivity contribution < 1.29 is 5.11 Å². The van der Waals surface area contributed by atoms with Gasteiger partial charge in [0, 0.05) is 5.54 Å². The number of aliphatic hydroxyl groups excluding tert-OH is 1. The predicted octanol–water partition coefficient (Wildman–Crippen LogP) is 3.47. The van der Waals surface area contributed by atoms with Crippen molar-refractivity contribution >= 4 is 15.9 Å². The molecule has 0 aliphatic heterocycles. The summed E-state index contributed by atoms with van der Waals surface area (Å²) in [4.78, 5) is 0. The van der Waals surface area contributed by atoms with E-state index in [2.05, 4.69) is 48.1 Å². The molecule has 3 heteroatoms. The molecule has 0 aromatic heterocycles. The summed E-state index contributed by atoms with van der Waals surface area (Å²) in [7, 11) is 0. The van der Waals surface area contributed by atoms with Crippen molar-refractivity contribution in [2.24, 2.45) is 0 Å². The van der Waals surface area contributed by atoms with Crippen LogP contribution in [-0.4, -0.2) is 16.9 Å². The second-order valence-corrected chi connectivity index (χ2v) is 6.28. The fourth-order valence-corrected chi connectivity index (χ4v) is 2.80. The molecular formula is C13H22BrNO. The Morgan fingerprint density at radius 1 is 1.50 bits per heavy atom. The predicted molar refractivity (Wildman–Crippen MR) is 72.5 cm³/mol. The minimum atomic E-state index is -0.457. The second kappa shape index (κ2) is 5.48. The summed E-state index contributed by atoms with van der Waals surface area (Å²) in [5, 5.41) is 12.6. The third-order valence-electron chi connectivity index (χ3n) is 2.85. The van der Waals surface area contributed by atoms with Crippen LogP contribution in [0.1, 0.15) is 47.0 Å². The molecular weight excluding hydrogens is 266 g/mol. The Morgan fingerprint density at radius 2 is 2.12 bits per heavy atom. The molecule has 0 bridgehead atoms. The Hall–Kier alpha value is -0.120. The van der Waals surface area contributed by atoms with Crippen LogP contribution >= 0.6 is 15.9 Å². The molecule has 92 valence electrons. The van der Waals surface area contributed by atoms with Gasteiger partial charge in [0.15, 0.2) is 0 Å². The molecule has 2 nitrogen and oxygen atoms in total. The van der Waals surface area contributed by atoms with E-state index in [1.807, 2.05) is 0 Å². The first-order valence-corrected chi connectivity index (χ1v) is 6.60. The highest BCUT2D eigenvalue weighted by molar-refractivity contribution is 9.11. The lowest BCUT2D eigenvalue weighted by atomic mass is 9.87. The summed E-state index contributed by atoms with van der Waals surface area (Å²) < 4.78 is 1.29. The van der Waals surface area contributed by atoms with Gasteiger partial charge < -0.3 is 5.11 Å². The maximum absolute atomic E-state index is 9.38. The number of aliphatic hydroxyl groups is 1. The van der Waals surface area contributed by atoms with Gasteiger partial charge in [0.05, 0.1) is 0 Å². The normalized spacial score (nSPS) is 19.8. The fourth-order valence-electron chi connectivity index (χ4n) is 2.25. The van der Waals surface area contributed by atoms with Crippen LogP contribution in [0.5, 0.6) is 0 Å². The van der Waals surface area contributed by atoms with E-state index in [1.165, 1.54) is 15.6 Å². The van der Waals surface area contributed by atoms with Gasteiger partial charge in [-0.15, -0.1) is 0 Å². The van der Waals surface area contributed by atoms with E-state index in [1.54, 1.807) is 6.92 Å². The van der Waals surface area contributed by atoms with Crippen LogP contribution in [0.25, 0.3) is 0 Å². The Bertz CT molecular complexity index is 316. The van der Waals surface area contributed by atoms with Crippen LogP contribution in [0.3, 0.4) is 0 Å². The molecule has 0 radical (unpaired) electrons. The van der Waals surface area contributed by atoms with E-state index in [0.29, 0.717) is 0 Å². The Labute approximate surface area is 107 Å². The molecule has 2 N–H and O–H groups in total. The van der Waals surface area contributed by atoms with Crippen molar-refractivity contribution in [1.29, 1.82) is 0 Å². The molecule has 0 saturated carbocycles. The molecule has 0 amide bonds. The molecule has 0 spiro atoms. The molecule has 0 fully saturated rings. The van der Waals surface area contributed by atoms with Gasteiger partial charge in [0.1, 0.15) is 6.23 Å². The van der Waals surface area contributed by atoms with E-state index in [-0.39, 0.29) is 5.54 Å². The van der Waals surface area contributed by atoms with Crippen LogP contribution in [0, 0.1) is 0 Å². The van der Waals surface area contributed by atoms with E-state index in [4.69, 9.17) is 0 Å². The average Bonchev–Trinajstić information content (AvgIpc) is 2.07. The van der Waals surface area contributed by atoms with Gasteiger partial charge in [-0.2, -0.15) is 0 Å². The third kappa shape index (κ3) is 4.40. The molecule has 0 aromatic carbocycles. The molecule has 16 heavy (non-hydrogen) atoms. The zero-order valence-electron chi connectivity index (χ0n) is 10.6. The van der Waals surface area contributed by atoms with Crippen LogP contribution in [0.2, 0.25) is 0 Å². The van der Waals surface area contributed by atoms with E-state index >= 15 is 0 Å². The molecule has 0 aromatic rings. The second-order valence-electron chi connectivity index (χ2n) is 5.26. The topological polar surface area (TPSA) is 32.3 Å². The van der Waals surface area contributed by atoms with Gasteiger partial charge in [-0.3, -0.25) is 5.32 Å². The quantitative estimate of drug-likeness (QED) is 0.776. The zero-order chi connectivity index (χ0) is 12.3. The SMILES string of the molecule is CC1=C(CC(C)(C)N[C@@H](C)O)CCC(Br)=C1. The summed E-state index contributed by atoms with van der Waals surface area (Å²) in [6, 6.07) is 0. The van der Waals surface area contributed by atoms with Crippen LogP contribution in [0.4, 0.5) is 0 Å². The van der Waals surface area contributed by atoms with Crippen LogP contribution < -0.4 is 5.32 Å². The summed E-state index contributed by atoms with van der Waals surface area (Å²) in [5.74, 6) is 0. The smallest absolute Gasteiger partial charge is 0.102 e. The number of hydrogen-bond acceptors (Lipinski definition) is 2. The standard InChI is InChI=1S/C13H22BrNO/c1-9-7-12(14)6-5-11(9)8-13(3,4)15-10(2)16/h7,10,15-16H,5-6,8H2,1-4H3/t10-/m1/s1.